The van der Waals surface area contributed by atoms with Gasteiger partial charge in [-0.25, -0.2) is 0 Å². The van der Waals surface area contributed by atoms with Crippen LogP contribution in [0.5, 0.6) is 0 Å². The van der Waals surface area contributed by atoms with E-state index in [2.05, 4.69) is 33.9 Å². The Morgan fingerprint density at radius 3 is 2.73 bits per heavy atom. The number of rotatable bonds is 4. The van der Waals surface area contributed by atoms with Crippen molar-refractivity contribution >= 4 is 0 Å². The van der Waals surface area contributed by atoms with E-state index in [0.29, 0.717) is 23.9 Å². The molecule has 2 atom stereocenters. The Labute approximate surface area is 94.2 Å². The number of allylic oxidation sites excluding steroid dienone is 1. The molecule has 0 spiro atoms. The maximum Gasteiger partial charge on any atom is 0.106 e. The van der Waals surface area contributed by atoms with Crippen molar-refractivity contribution in [3.63, 3.8) is 0 Å². The van der Waals surface area contributed by atoms with Crippen molar-refractivity contribution in [1.82, 2.24) is 0 Å². The summed E-state index contributed by atoms with van der Waals surface area (Å²) in [7, 11) is 0. The summed E-state index contributed by atoms with van der Waals surface area (Å²) < 4.78 is 5.62. The molecule has 0 N–H and O–H groups in total. The monoisotopic (exact) mass is 208 g/mol. The first-order chi connectivity index (χ1) is 6.99. The molecule has 1 aliphatic rings. The van der Waals surface area contributed by atoms with Crippen LogP contribution in [-0.2, 0) is 4.74 Å². The van der Waals surface area contributed by atoms with Crippen molar-refractivity contribution in [2.24, 2.45) is 17.3 Å². The molecule has 0 aromatic rings. The van der Waals surface area contributed by atoms with E-state index in [1.54, 1.807) is 6.08 Å². The van der Waals surface area contributed by atoms with Gasteiger partial charge in [0.15, 0.2) is 0 Å². The van der Waals surface area contributed by atoms with Crippen LogP contribution < -0.4 is 0 Å². The zero-order chi connectivity index (χ0) is 11.5. The van der Waals surface area contributed by atoms with E-state index in [1.165, 1.54) is 19.3 Å². The molecule has 0 heterocycles. The summed E-state index contributed by atoms with van der Waals surface area (Å²) in [5.74, 6) is 2.13. The average Bonchev–Trinajstić information content (AvgIpc) is 2.13. The zero-order valence-corrected chi connectivity index (χ0v) is 10.4. The van der Waals surface area contributed by atoms with Crippen LogP contribution in [0.2, 0.25) is 0 Å². The summed E-state index contributed by atoms with van der Waals surface area (Å²) in [6, 6.07) is 0. The smallest absolute Gasteiger partial charge is 0.106 e. The van der Waals surface area contributed by atoms with E-state index in [0.717, 1.165) is 5.76 Å². The quantitative estimate of drug-likeness (QED) is 0.498. The molecular weight excluding hydrogens is 184 g/mol. The Kier molecular flexibility index (Phi) is 4.01. The maximum atomic E-state index is 5.62. The van der Waals surface area contributed by atoms with E-state index in [1.807, 2.05) is 0 Å². The molecule has 2 unspecified atom stereocenters. The van der Waals surface area contributed by atoms with Crippen LogP contribution in [0.25, 0.3) is 0 Å². The molecule has 0 radical (unpaired) electrons. The Bertz CT molecular complexity index is 240. The first-order valence-corrected chi connectivity index (χ1v) is 5.91. The van der Waals surface area contributed by atoms with Gasteiger partial charge in [-0.1, -0.05) is 46.4 Å². The third-order valence-corrected chi connectivity index (χ3v) is 3.62. The van der Waals surface area contributed by atoms with Crippen LogP contribution in [0.1, 0.15) is 40.0 Å². The van der Waals surface area contributed by atoms with E-state index in [-0.39, 0.29) is 0 Å². The molecule has 1 aliphatic carbocycles. The van der Waals surface area contributed by atoms with Crippen molar-refractivity contribution in [1.29, 1.82) is 0 Å². The largest absolute Gasteiger partial charge is 0.494 e. The zero-order valence-electron chi connectivity index (χ0n) is 10.4. The highest BCUT2D eigenvalue weighted by Gasteiger charge is 2.39. The Morgan fingerprint density at radius 2 is 2.20 bits per heavy atom. The fourth-order valence-electron chi connectivity index (χ4n) is 2.98. The van der Waals surface area contributed by atoms with Gasteiger partial charge in [0.25, 0.3) is 0 Å². The van der Waals surface area contributed by atoms with Gasteiger partial charge in [-0.15, -0.1) is 0 Å². The third kappa shape index (κ3) is 2.87. The summed E-state index contributed by atoms with van der Waals surface area (Å²) in [5, 5.41) is 0. The van der Waals surface area contributed by atoms with Crippen molar-refractivity contribution in [3.8, 4) is 0 Å². The second-order valence-corrected chi connectivity index (χ2v) is 5.40. The van der Waals surface area contributed by atoms with Crippen molar-refractivity contribution in [2.75, 3.05) is 6.61 Å². The summed E-state index contributed by atoms with van der Waals surface area (Å²) in [4.78, 5) is 0. The minimum atomic E-state index is 0.329. The molecule has 1 rings (SSSR count). The molecule has 0 bridgehead atoms. The maximum absolute atomic E-state index is 5.62. The minimum absolute atomic E-state index is 0.329. The first-order valence-electron chi connectivity index (χ1n) is 5.91. The molecule has 1 heteroatoms. The lowest BCUT2D eigenvalue weighted by molar-refractivity contribution is 0.0565. The highest BCUT2D eigenvalue weighted by molar-refractivity contribution is 5.03. The van der Waals surface area contributed by atoms with Crippen LogP contribution in [-0.4, -0.2) is 6.61 Å². The molecular formula is C14H24O. The van der Waals surface area contributed by atoms with Gasteiger partial charge in [0.05, 0.1) is 5.76 Å². The highest BCUT2D eigenvalue weighted by atomic mass is 16.5. The second-order valence-electron chi connectivity index (χ2n) is 5.40. The first kappa shape index (κ1) is 12.4. The summed E-state index contributed by atoms with van der Waals surface area (Å²) in [6.45, 7) is 15.3. The van der Waals surface area contributed by atoms with Gasteiger partial charge in [0.1, 0.15) is 6.61 Å². The molecule has 1 saturated carbocycles. The van der Waals surface area contributed by atoms with Crippen LogP contribution in [0.3, 0.4) is 0 Å². The molecule has 1 fully saturated rings. The molecule has 0 aromatic heterocycles. The van der Waals surface area contributed by atoms with E-state index < -0.39 is 0 Å². The standard InChI is InChI=1S/C14H24O/c1-6-10-15-12(3)13-11(2)8-7-9-14(13,4)5/h6,11,13H,1,3,7-10H2,2,4-5H3. The molecule has 1 nitrogen and oxygen atoms in total. The third-order valence-electron chi connectivity index (χ3n) is 3.62. The van der Waals surface area contributed by atoms with E-state index in [4.69, 9.17) is 4.74 Å². The molecule has 86 valence electrons. The number of hydrogen-bond donors (Lipinski definition) is 0. The van der Waals surface area contributed by atoms with Gasteiger partial charge in [-0.3, -0.25) is 0 Å². The fraction of sp³-hybridized carbons (Fsp3) is 0.714. The fourth-order valence-corrected chi connectivity index (χ4v) is 2.98. The predicted octanol–water partition coefficient (Wildman–Crippen LogP) is 4.17. The number of ether oxygens (including phenoxy) is 1. The minimum Gasteiger partial charge on any atom is -0.494 e. The van der Waals surface area contributed by atoms with Crippen molar-refractivity contribution in [3.05, 3.63) is 25.0 Å². The molecule has 0 amide bonds. The van der Waals surface area contributed by atoms with E-state index in [9.17, 15) is 0 Å². The second kappa shape index (κ2) is 4.87. The topological polar surface area (TPSA) is 9.23 Å². The summed E-state index contributed by atoms with van der Waals surface area (Å²) in [5.41, 5.74) is 0.329. The van der Waals surface area contributed by atoms with Gasteiger partial charge in [0.2, 0.25) is 0 Å². The molecule has 0 saturated heterocycles. The molecule has 0 aromatic carbocycles. The predicted molar refractivity (Wildman–Crippen MR) is 65.6 cm³/mol. The van der Waals surface area contributed by atoms with Crippen molar-refractivity contribution in [2.45, 2.75) is 40.0 Å². The van der Waals surface area contributed by atoms with Gasteiger partial charge < -0.3 is 4.74 Å². The van der Waals surface area contributed by atoms with Crippen LogP contribution in [0, 0.1) is 17.3 Å². The molecule has 0 aliphatic heterocycles. The van der Waals surface area contributed by atoms with Gasteiger partial charge in [-0.05, 0) is 24.2 Å². The van der Waals surface area contributed by atoms with E-state index >= 15 is 0 Å². The lowest BCUT2D eigenvalue weighted by atomic mass is 9.63. The Hall–Kier alpha value is -0.720. The normalized spacial score (nSPS) is 29.5. The number of hydrogen-bond acceptors (Lipinski definition) is 1. The summed E-state index contributed by atoms with van der Waals surface area (Å²) >= 11 is 0. The lowest BCUT2D eigenvalue weighted by Crippen LogP contribution is -2.35. The SMILES string of the molecule is C=CCOC(=C)C1C(C)CCCC1(C)C. The molecule has 15 heavy (non-hydrogen) atoms. The van der Waals surface area contributed by atoms with Crippen molar-refractivity contribution < 1.29 is 4.74 Å². The Balaban J connectivity index is 2.69. The lowest BCUT2D eigenvalue weighted by Gasteiger charge is -2.43. The van der Waals surface area contributed by atoms with Gasteiger partial charge >= 0.3 is 0 Å². The van der Waals surface area contributed by atoms with Crippen LogP contribution >= 0.6 is 0 Å². The van der Waals surface area contributed by atoms with Gasteiger partial charge in [0, 0.05) is 5.92 Å². The summed E-state index contributed by atoms with van der Waals surface area (Å²) in [6.07, 6.45) is 5.69. The van der Waals surface area contributed by atoms with Crippen LogP contribution in [0.4, 0.5) is 0 Å². The van der Waals surface area contributed by atoms with Crippen LogP contribution in [0.15, 0.2) is 25.0 Å². The Morgan fingerprint density at radius 1 is 1.53 bits per heavy atom. The average molecular weight is 208 g/mol. The van der Waals surface area contributed by atoms with Gasteiger partial charge in [-0.2, -0.15) is 0 Å². The highest BCUT2D eigenvalue weighted by Crippen LogP contribution is 2.47.